The summed E-state index contributed by atoms with van der Waals surface area (Å²) in [6.45, 7) is 1.11. The van der Waals surface area contributed by atoms with Crippen molar-refractivity contribution in [3.63, 3.8) is 0 Å². The molecule has 2 aliphatic rings. The summed E-state index contributed by atoms with van der Waals surface area (Å²) in [6, 6.07) is 5.91. The zero-order valence-corrected chi connectivity index (χ0v) is 18.8. The van der Waals surface area contributed by atoms with E-state index < -0.39 is 6.04 Å². The van der Waals surface area contributed by atoms with Gasteiger partial charge in [0.05, 0.1) is 11.7 Å². The van der Waals surface area contributed by atoms with Gasteiger partial charge in [0.2, 0.25) is 5.12 Å². The Hall–Kier alpha value is -1.94. The predicted octanol–water partition coefficient (Wildman–Crippen LogP) is 3.76. The molecular weight excluding hydrogens is 437 g/mol. The largest absolute Gasteiger partial charge is 0.376 e. The highest BCUT2D eigenvalue weighted by atomic mass is 32.2. The van der Waals surface area contributed by atoms with Gasteiger partial charge in [0.1, 0.15) is 12.4 Å². The van der Waals surface area contributed by atoms with Crippen LogP contribution in [0.15, 0.2) is 35.2 Å². The number of hydrogen-bond donors (Lipinski definition) is 0. The fourth-order valence-corrected chi connectivity index (χ4v) is 5.36. The molecule has 31 heavy (non-hydrogen) atoms. The Morgan fingerprint density at radius 2 is 2.16 bits per heavy atom. The molecule has 9 heteroatoms. The molecule has 164 valence electrons. The van der Waals surface area contributed by atoms with Crippen molar-refractivity contribution < 1.29 is 18.7 Å². The van der Waals surface area contributed by atoms with Gasteiger partial charge in [-0.25, -0.2) is 4.39 Å². The van der Waals surface area contributed by atoms with Crippen molar-refractivity contribution in [1.82, 2.24) is 14.5 Å². The van der Waals surface area contributed by atoms with Crippen LogP contribution in [0.3, 0.4) is 0 Å². The molecule has 2 fully saturated rings. The van der Waals surface area contributed by atoms with Gasteiger partial charge in [-0.1, -0.05) is 34.4 Å². The molecule has 2 atom stereocenters. The fraction of sp³-hybridized carbons (Fsp3) is 0.455. The van der Waals surface area contributed by atoms with Crippen LogP contribution in [-0.4, -0.2) is 57.4 Å². The van der Waals surface area contributed by atoms with Gasteiger partial charge in [0, 0.05) is 42.3 Å². The molecule has 2 heterocycles. The Balaban J connectivity index is 1.62. The first-order valence-electron chi connectivity index (χ1n) is 10.2. The van der Waals surface area contributed by atoms with Crippen LogP contribution in [0.5, 0.6) is 0 Å². The van der Waals surface area contributed by atoms with Gasteiger partial charge < -0.3 is 4.74 Å². The maximum atomic E-state index is 14.7. The quantitative estimate of drug-likeness (QED) is 0.593. The van der Waals surface area contributed by atoms with Gasteiger partial charge >= 0.3 is 0 Å². The van der Waals surface area contributed by atoms with Gasteiger partial charge in [0.25, 0.3) is 0 Å². The number of rotatable bonds is 8. The van der Waals surface area contributed by atoms with Crippen LogP contribution < -0.4 is 0 Å². The Morgan fingerprint density at radius 3 is 2.84 bits per heavy atom. The summed E-state index contributed by atoms with van der Waals surface area (Å²) in [5, 5.41) is 5.86. The van der Waals surface area contributed by atoms with Gasteiger partial charge in [-0.2, -0.15) is 0 Å². The van der Waals surface area contributed by atoms with Crippen LogP contribution in [0.2, 0.25) is 0 Å². The molecule has 1 aromatic heterocycles. The number of Topliss-reactive ketones (excluding diaryl/α,β-unsaturated/α-hetero) is 1. The van der Waals surface area contributed by atoms with E-state index >= 15 is 0 Å². The van der Waals surface area contributed by atoms with Crippen LogP contribution in [0, 0.1) is 11.7 Å². The minimum Gasteiger partial charge on any atom is -0.376 e. The van der Waals surface area contributed by atoms with Gasteiger partial charge in [-0.3, -0.25) is 14.5 Å². The van der Waals surface area contributed by atoms with Crippen molar-refractivity contribution in [3.05, 3.63) is 52.3 Å². The van der Waals surface area contributed by atoms with Crippen molar-refractivity contribution in [3.8, 4) is 0 Å². The molecule has 0 bridgehead atoms. The van der Waals surface area contributed by atoms with E-state index in [-0.39, 0.29) is 34.5 Å². The third-order valence-electron chi connectivity index (χ3n) is 5.54. The van der Waals surface area contributed by atoms with Crippen LogP contribution in [-0.2, 0) is 14.3 Å². The van der Waals surface area contributed by atoms with Crippen molar-refractivity contribution in [2.75, 3.05) is 26.8 Å². The molecule has 1 aromatic carbocycles. The van der Waals surface area contributed by atoms with Crippen molar-refractivity contribution >= 4 is 40.3 Å². The maximum absolute atomic E-state index is 14.7. The highest BCUT2D eigenvalue weighted by Crippen LogP contribution is 2.40. The van der Waals surface area contributed by atoms with Crippen LogP contribution in [0.25, 0.3) is 6.08 Å². The lowest BCUT2D eigenvalue weighted by molar-refractivity contribution is -0.126. The smallest absolute Gasteiger partial charge is 0.215 e. The monoisotopic (exact) mass is 461 g/mol. The molecule has 1 aliphatic heterocycles. The molecule has 0 amide bonds. The number of ether oxygens (including phenoxy) is 1. The summed E-state index contributed by atoms with van der Waals surface area (Å²) in [5.74, 6) is -0.265. The number of nitrogens with zero attached hydrogens (tertiary/aromatic N) is 3. The van der Waals surface area contributed by atoms with E-state index in [9.17, 15) is 14.0 Å². The second kappa shape index (κ2) is 10.1. The number of piperidine rings is 1. The zero-order valence-electron chi connectivity index (χ0n) is 17.2. The van der Waals surface area contributed by atoms with E-state index in [2.05, 4.69) is 9.59 Å². The lowest BCUT2D eigenvalue weighted by Gasteiger charge is -2.38. The summed E-state index contributed by atoms with van der Waals surface area (Å²) in [7, 11) is 1.50. The number of halogens is 1. The number of thioether (sulfide) groups is 1. The molecule has 0 radical (unpaired) electrons. The Morgan fingerprint density at radius 1 is 1.35 bits per heavy atom. The zero-order chi connectivity index (χ0) is 21.8. The van der Waals surface area contributed by atoms with E-state index in [1.807, 2.05) is 16.4 Å². The molecule has 1 aliphatic carbocycles. The highest BCUT2D eigenvalue weighted by molar-refractivity contribution is 8.14. The van der Waals surface area contributed by atoms with E-state index in [0.717, 1.165) is 24.1 Å². The first-order chi connectivity index (χ1) is 15.1. The van der Waals surface area contributed by atoms with Gasteiger partial charge in [0.15, 0.2) is 5.78 Å². The lowest BCUT2D eigenvalue weighted by Crippen LogP contribution is -2.43. The average molecular weight is 462 g/mol. The number of likely N-dealkylation sites (tertiary alicyclic amines) is 1. The summed E-state index contributed by atoms with van der Waals surface area (Å²) in [6.07, 6.45) is 4.35. The number of ketones is 1. The van der Waals surface area contributed by atoms with Crippen molar-refractivity contribution in [2.24, 2.45) is 5.92 Å². The van der Waals surface area contributed by atoms with Gasteiger partial charge in [-0.05, 0) is 48.5 Å². The number of hydrogen-bond acceptors (Lipinski definition) is 8. The summed E-state index contributed by atoms with van der Waals surface area (Å²) in [5.41, 5.74) is 2.14. The molecule has 1 saturated carbocycles. The van der Waals surface area contributed by atoms with E-state index in [4.69, 9.17) is 4.74 Å². The molecule has 0 N–H and O–H groups in total. The topological polar surface area (TPSA) is 72.4 Å². The second-order valence-corrected chi connectivity index (χ2v) is 9.69. The van der Waals surface area contributed by atoms with Crippen molar-refractivity contribution in [1.29, 1.82) is 0 Å². The van der Waals surface area contributed by atoms with E-state index in [1.165, 1.54) is 36.5 Å². The number of benzene rings is 1. The Labute approximate surface area is 189 Å². The third kappa shape index (κ3) is 5.46. The van der Waals surface area contributed by atoms with Gasteiger partial charge in [-0.15, -0.1) is 5.10 Å². The highest BCUT2D eigenvalue weighted by Gasteiger charge is 2.41. The number of carbonyl (C=O) groups is 2. The standard InChI is InChI=1S/C22H24FN3O3S2/c1-29-12-20(27)31-19-8-9-26(11-15(19)10-16-13-30-25-24-16)21(22(28)14-6-7-14)17-4-2-3-5-18(17)23/h2-5,10,13-14,19,21H,6-9,11-12H2,1H3. The molecule has 0 spiro atoms. The SMILES string of the molecule is COCC(=O)SC1CCN(C(C(=O)C2CC2)c2ccccc2F)CC1=Cc1csnn1. The first kappa shape index (κ1) is 22.3. The van der Waals surface area contributed by atoms with Crippen molar-refractivity contribution in [2.45, 2.75) is 30.6 Å². The predicted molar refractivity (Wildman–Crippen MR) is 119 cm³/mol. The van der Waals surface area contributed by atoms with Crippen LogP contribution >= 0.6 is 23.3 Å². The van der Waals surface area contributed by atoms with Crippen LogP contribution in [0.4, 0.5) is 4.39 Å². The fourth-order valence-electron chi connectivity index (χ4n) is 3.93. The summed E-state index contributed by atoms with van der Waals surface area (Å²) in [4.78, 5) is 27.5. The minimum absolute atomic E-state index is 0.00940. The molecular formula is C22H24FN3O3S2. The average Bonchev–Trinajstić information content (AvgIpc) is 3.48. The molecule has 2 unspecified atom stereocenters. The summed E-state index contributed by atoms with van der Waals surface area (Å²) >= 11 is 2.51. The molecule has 4 rings (SSSR count). The lowest BCUT2D eigenvalue weighted by atomic mass is 9.93. The molecule has 6 nitrogen and oxygen atoms in total. The third-order valence-corrected chi connectivity index (χ3v) is 7.26. The Bertz CT molecular complexity index is 963. The first-order valence-corrected chi connectivity index (χ1v) is 12.0. The van der Waals surface area contributed by atoms with Crippen LogP contribution in [0.1, 0.15) is 36.6 Å². The Kier molecular flexibility index (Phi) is 7.27. The molecule has 2 aromatic rings. The maximum Gasteiger partial charge on any atom is 0.215 e. The number of carbonyl (C=O) groups excluding carboxylic acids is 2. The second-order valence-electron chi connectivity index (χ2n) is 7.82. The minimum atomic E-state index is -0.619. The summed E-state index contributed by atoms with van der Waals surface area (Å²) < 4.78 is 23.6. The normalized spacial score (nSPS) is 21.9. The van der Waals surface area contributed by atoms with E-state index in [1.54, 1.807) is 18.2 Å². The molecule has 1 saturated heterocycles. The van der Waals surface area contributed by atoms with E-state index in [0.29, 0.717) is 25.1 Å². The number of aromatic nitrogens is 2. The number of methoxy groups -OCH3 is 1.